The summed E-state index contributed by atoms with van der Waals surface area (Å²) in [6.07, 6.45) is 1.81. The second-order valence-corrected chi connectivity index (χ2v) is 7.48. The summed E-state index contributed by atoms with van der Waals surface area (Å²) in [5, 5.41) is 9.29. The number of rotatable bonds is 11. The van der Waals surface area contributed by atoms with Crippen LogP contribution >= 0.6 is 0 Å². The van der Waals surface area contributed by atoms with E-state index in [4.69, 9.17) is 0 Å². The van der Waals surface area contributed by atoms with E-state index in [1.165, 1.54) is 11.1 Å². The van der Waals surface area contributed by atoms with Crippen LogP contribution in [0.15, 0.2) is 65.7 Å². The van der Waals surface area contributed by atoms with Gasteiger partial charge in [-0.1, -0.05) is 60.7 Å². The van der Waals surface area contributed by atoms with Gasteiger partial charge < -0.3 is 16.0 Å². The maximum atomic E-state index is 12.0. The summed E-state index contributed by atoms with van der Waals surface area (Å²) in [6.45, 7) is 4.77. The third kappa shape index (κ3) is 9.09. The van der Waals surface area contributed by atoms with Crippen LogP contribution in [0.1, 0.15) is 24.5 Å². The zero-order valence-corrected chi connectivity index (χ0v) is 18.4. The van der Waals surface area contributed by atoms with Crippen molar-refractivity contribution in [1.29, 1.82) is 0 Å². The predicted molar refractivity (Wildman–Crippen MR) is 125 cm³/mol. The second kappa shape index (κ2) is 13.4. The Bertz CT molecular complexity index is 764. The minimum absolute atomic E-state index is 0.0372. The fourth-order valence-corrected chi connectivity index (χ4v) is 3.09. The van der Waals surface area contributed by atoms with Crippen LogP contribution in [0.2, 0.25) is 0 Å². The molecule has 0 fully saturated rings. The van der Waals surface area contributed by atoms with E-state index in [1.807, 2.05) is 24.3 Å². The Hall–Kier alpha value is -2.86. The first-order chi connectivity index (χ1) is 14.6. The van der Waals surface area contributed by atoms with Crippen LogP contribution in [0.3, 0.4) is 0 Å². The first kappa shape index (κ1) is 23.4. The fraction of sp³-hybridized carbons (Fsp3) is 0.417. The molecule has 1 unspecified atom stereocenters. The maximum absolute atomic E-state index is 12.0. The monoisotopic (exact) mass is 409 g/mol. The number of hydrogen-bond donors (Lipinski definition) is 3. The van der Waals surface area contributed by atoms with Gasteiger partial charge in [-0.05, 0) is 37.9 Å². The highest BCUT2D eigenvalue weighted by atomic mass is 16.1. The third-order valence-electron chi connectivity index (χ3n) is 5.10. The zero-order chi connectivity index (χ0) is 21.6. The summed E-state index contributed by atoms with van der Waals surface area (Å²) in [6, 6.07) is 21.1. The molecule has 0 bridgehead atoms. The Balaban J connectivity index is 1.60. The van der Waals surface area contributed by atoms with Gasteiger partial charge in [0.1, 0.15) is 0 Å². The lowest BCUT2D eigenvalue weighted by Gasteiger charge is -2.25. The molecule has 3 N–H and O–H groups in total. The molecule has 0 aromatic heterocycles. The number of amides is 1. The number of guanidine groups is 1. The van der Waals surface area contributed by atoms with Crippen LogP contribution in [0, 0.1) is 0 Å². The van der Waals surface area contributed by atoms with Gasteiger partial charge in [0.15, 0.2) is 5.96 Å². The number of carbonyl (C=O) groups is 1. The minimum Gasteiger partial charge on any atom is -0.356 e. The van der Waals surface area contributed by atoms with E-state index in [9.17, 15) is 4.79 Å². The number of benzene rings is 2. The molecule has 0 saturated carbocycles. The van der Waals surface area contributed by atoms with Gasteiger partial charge in [-0.25, -0.2) is 0 Å². The number of aliphatic imine (C=N–C) groups is 1. The van der Waals surface area contributed by atoms with Crippen LogP contribution in [-0.2, 0) is 17.8 Å². The van der Waals surface area contributed by atoms with E-state index in [2.05, 4.69) is 76.2 Å². The van der Waals surface area contributed by atoms with Gasteiger partial charge in [0.05, 0.1) is 6.54 Å². The van der Waals surface area contributed by atoms with Crippen molar-refractivity contribution in [2.75, 3.05) is 33.7 Å². The summed E-state index contributed by atoms with van der Waals surface area (Å²) < 4.78 is 0. The normalized spacial score (nSPS) is 12.5. The number of carbonyl (C=O) groups excluding carboxylic acids is 1. The second-order valence-electron chi connectivity index (χ2n) is 7.48. The molecule has 0 aliphatic carbocycles. The van der Waals surface area contributed by atoms with Crippen LogP contribution in [0.5, 0.6) is 0 Å². The highest BCUT2D eigenvalue weighted by molar-refractivity contribution is 5.86. The molecule has 0 heterocycles. The molecule has 1 atom stereocenters. The van der Waals surface area contributed by atoms with Crippen molar-refractivity contribution in [3.05, 3.63) is 71.8 Å². The van der Waals surface area contributed by atoms with Crippen molar-refractivity contribution >= 4 is 11.9 Å². The van der Waals surface area contributed by atoms with Crippen molar-refractivity contribution in [3.8, 4) is 0 Å². The SMILES string of the molecule is CN=C(NCCC(C)N(C)Cc1ccccc1)NCC(=O)NCCc1ccccc1. The maximum Gasteiger partial charge on any atom is 0.239 e. The molecule has 0 saturated heterocycles. The molecule has 1 amide bonds. The highest BCUT2D eigenvalue weighted by Gasteiger charge is 2.10. The van der Waals surface area contributed by atoms with Gasteiger partial charge in [0.2, 0.25) is 5.91 Å². The molecule has 2 aromatic carbocycles. The van der Waals surface area contributed by atoms with Crippen molar-refractivity contribution in [2.24, 2.45) is 4.99 Å². The summed E-state index contributed by atoms with van der Waals surface area (Å²) in [5.74, 6) is 0.607. The number of nitrogens with one attached hydrogen (secondary N) is 3. The molecule has 0 aliphatic heterocycles. The zero-order valence-electron chi connectivity index (χ0n) is 18.4. The van der Waals surface area contributed by atoms with Gasteiger partial charge in [-0.3, -0.25) is 14.7 Å². The standard InChI is InChI=1S/C24H35N5O/c1-20(29(3)19-22-12-8-5-9-13-22)14-16-27-24(25-2)28-18-23(30)26-17-15-21-10-6-4-7-11-21/h4-13,20H,14-19H2,1-3H3,(H,26,30)(H2,25,27,28). The molecule has 6 nitrogen and oxygen atoms in total. The summed E-state index contributed by atoms with van der Waals surface area (Å²) >= 11 is 0. The average molecular weight is 410 g/mol. The molecule has 2 aromatic rings. The van der Waals surface area contributed by atoms with Crippen LogP contribution in [0.4, 0.5) is 0 Å². The van der Waals surface area contributed by atoms with E-state index in [-0.39, 0.29) is 12.5 Å². The molecule has 30 heavy (non-hydrogen) atoms. The largest absolute Gasteiger partial charge is 0.356 e. The molecule has 162 valence electrons. The van der Waals surface area contributed by atoms with Crippen molar-refractivity contribution < 1.29 is 4.79 Å². The van der Waals surface area contributed by atoms with Gasteiger partial charge in [-0.15, -0.1) is 0 Å². The third-order valence-corrected chi connectivity index (χ3v) is 5.10. The molecule has 0 radical (unpaired) electrons. The summed E-state index contributed by atoms with van der Waals surface area (Å²) in [7, 11) is 3.86. The lowest BCUT2D eigenvalue weighted by molar-refractivity contribution is -0.119. The Morgan fingerprint density at radius 3 is 2.20 bits per heavy atom. The molecular formula is C24H35N5O. The van der Waals surface area contributed by atoms with Crippen molar-refractivity contribution in [1.82, 2.24) is 20.9 Å². The minimum atomic E-state index is -0.0372. The van der Waals surface area contributed by atoms with Crippen molar-refractivity contribution in [2.45, 2.75) is 32.4 Å². The first-order valence-electron chi connectivity index (χ1n) is 10.6. The first-order valence-corrected chi connectivity index (χ1v) is 10.6. The number of nitrogens with zero attached hydrogens (tertiary/aromatic N) is 2. The topological polar surface area (TPSA) is 68.8 Å². The van der Waals surface area contributed by atoms with Gasteiger partial charge in [0, 0.05) is 32.7 Å². The quantitative estimate of drug-likeness (QED) is 0.394. The highest BCUT2D eigenvalue weighted by Crippen LogP contribution is 2.07. The van der Waals surface area contributed by atoms with Gasteiger partial charge in [0.25, 0.3) is 0 Å². The van der Waals surface area contributed by atoms with Gasteiger partial charge >= 0.3 is 0 Å². The molecule has 6 heteroatoms. The van der Waals surface area contributed by atoms with Crippen LogP contribution < -0.4 is 16.0 Å². The summed E-state index contributed by atoms with van der Waals surface area (Å²) in [4.78, 5) is 18.6. The molecular weight excluding hydrogens is 374 g/mol. The van der Waals surface area contributed by atoms with E-state index < -0.39 is 0 Å². The Labute approximate surface area is 180 Å². The lowest BCUT2D eigenvalue weighted by Crippen LogP contribution is -2.44. The Morgan fingerprint density at radius 1 is 0.933 bits per heavy atom. The Kier molecular flexibility index (Phi) is 10.4. The summed E-state index contributed by atoms with van der Waals surface area (Å²) in [5.41, 5.74) is 2.53. The van der Waals surface area contributed by atoms with E-state index in [0.717, 1.165) is 25.9 Å². The average Bonchev–Trinajstić information content (AvgIpc) is 2.77. The van der Waals surface area contributed by atoms with E-state index >= 15 is 0 Å². The van der Waals surface area contributed by atoms with E-state index in [0.29, 0.717) is 18.5 Å². The Morgan fingerprint density at radius 2 is 1.57 bits per heavy atom. The number of hydrogen-bond acceptors (Lipinski definition) is 3. The predicted octanol–water partition coefficient (Wildman–Crippen LogP) is 2.42. The van der Waals surface area contributed by atoms with Crippen LogP contribution in [-0.4, -0.2) is 56.5 Å². The molecule has 0 spiro atoms. The smallest absolute Gasteiger partial charge is 0.239 e. The van der Waals surface area contributed by atoms with Gasteiger partial charge in [-0.2, -0.15) is 0 Å². The molecule has 2 rings (SSSR count). The lowest BCUT2D eigenvalue weighted by atomic mass is 10.1. The van der Waals surface area contributed by atoms with Crippen LogP contribution in [0.25, 0.3) is 0 Å². The van der Waals surface area contributed by atoms with E-state index in [1.54, 1.807) is 7.05 Å². The molecule has 0 aliphatic rings. The van der Waals surface area contributed by atoms with Crippen molar-refractivity contribution in [3.63, 3.8) is 0 Å². The fourth-order valence-electron chi connectivity index (χ4n) is 3.09.